The van der Waals surface area contributed by atoms with Crippen LogP contribution in [0.1, 0.15) is 12.8 Å². The van der Waals surface area contributed by atoms with Gasteiger partial charge in [0.1, 0.15) is 0 Å². The van der Waals surface area contributed by atoms with Crippen LogP contribution < -0.4 is 5.32 Å². The average Bonchev–Trinajstić information content (AvgIpc) is 2.36. The predicted octanol–water partition coefficient (Wildman–Crippen LogP) is 2.30. The van der Waals surface area contributed by atoms with Gasteiger partial charge >= 0.3 is 5.97 Å². The molecule has 1 amide bonds. The van der Waals surface area contributed by atoms with Crippen LogP contribution in [0, 0.1) is 0 Å². The molecular formula is C12H15NO3S. The lowest BCUT2D eigenvalue weighted by molar-refractivity contribution is -0.141. The van der Waals surface area contributed by atoms with E-state index in [2.05, 4.69) is 10.1 Å². The number of methoxy groups -OCH3 is 1. The van der Waals surface area contributed by atoms with Crippen LogP contribution in [0.5, 0.6) is 0 Å². The van der Waals surface area contributed by atoms with Gasteiger partial charge in [0.2, 0.25) is 5.91 Å². The molecule has 0 heterocycles. The van der Waals surface area contributed by atoms with Gasteiger partial charge in [0.25, 0.3) is 0 Å². The Morgan fingerprint density at radius 3 is 2.41 bits per heavy atom. The summed E-state index contributed by atoms with van der Waals surface area (Å²) >= 11 is 1.64. The van der Waals surface area contributed by atoms with E-state index in [1.54, 1.807) is 11.8 Å². The predicted molar refractivity (Wildman–Crippen MR) is 68.1 cm³/mol. The van der Waals surface area contributed by atoms with Crippen molar-refractivity contribution < 1.29 is 14.3 Å². The van der Waals surface area contributed by atoms with Gasteiger partial charge in [-0.05, 0) is 30.5 Å². The zero-order chi connectivity index (χ0) is 12.7. The molecule has 1 aromatic rings. The number of hydrogen-bond donors (Lipinski definition) is 1. The van der Waals surface area contributed by atoms with Crippen molar-refractivity contribution in [1.82, 2.24) is 0 Å². The number of amides is 1. The summed E-state index contributed by atoms with van der Waals surface area (Å²) in [5.74, 6) is -0.565. The van der Waals surface area contributed by atoms with E-state index in [4.69, 9.17) is 0 Å². The Morgan fingerprint density at radius 2 is 1.88 bits per heavy atom. The Kier molecular flexibility index (Phi) is 5.56. The van der Waals surface area contributed by atoms with E-state index in [-0.39, 0.29) is 24.7 Å². The zero-order valence-corrected chi connectivity index (χ0v) is 10.7. The van der Waals surface area contributed by atoms with Crippen molar-refractivity contribution in [3.05, 3.63) is 24.3 Å². The van der Waals surface area contributed by atoms with Gasteiger partial charge in [-0.3, -0.25) is 9.59 Å². The molecule has 0 atom stereocenters. The second kappa shape index (κ2) is 6.96. The lowest BCUT2D eigenvalue weighted by Gasteiger charge is -2.05. The van der Waals surface area contributed by atoms with Gasteiger partial charge in [-0.1, -0.05) is 0 Å². The molecule has 0 aromatic heterocycles. The van der Waals surface area contributed by atoms with E-state index >= 15 is 0 Å². The van der Waals surface area contributed by atoms with Crippen molar-refractivity contribution in [2.45, 2.75) is 17.7 Å². The standard InChI is InChI=1S/C12H15NO3S/c1-16-12(15)8-7-11(14)13-9-3-5-10(17-2)6-4-9/h3-6H,7-8H2,1-2H3,(H,13,14). The highest BCUT2D eigenvalue weighted by atomic mass is 32.2. The van der Waals surface area contributed by atoms with E-state index in [1.807, 2.05) is 30.5 Å². The molecule has 0 saturated carbocycles. The summed E-state index contributed by atoms with van der Waals surface area (Å²) in [7, 11) is 1.31. The Hall–Kier alpha value is -1.49. The molecule has 1 aromatic carbocycles. The fourth-order valence-electron chi connectivity index (χ4n) is 1.22. The van der Waals surface area contributed by atoms with Gasteiger partial charge < -0.3 is 10.1 Å². The number of rotatable bonds is 5. The smallest absolute Gasteiger partial charge is 0.306 e. The average molecular weight is 253 g/mol. The number of carbonyl (C=O) groups is 2. The normalized spacial score (nSPS) is 9.76. The molecule has 1 N–H and O–H groups in total. The third kappa shape index (κ3) is 4.91. The molecule has 17 heavy (non-hydrogen) atoms. The summed E-state index contributed by atoms with van der Waals surface area (Å²) in [4.78, 5) is 23.4. The zero-order valence-electron chi connectivity index (χ0n) is 9.86. The van der Waals surface area contributed by atoms with E-state index in [1.165, 1.54) is 7.11 Å². The maximum Gasteiger partial charge on any atom is 0.306 e. The molecule has 0 radical (unpaired) electrons. The lowest BCUT2D eigenvalue weighted by Crippen LogP contribution is -2.13. The van der Waals surface area contributed by atoms with Crippen LogP contribution in [0.2, 0.25) is 0 Å². The lowest BCUT2D eigenvalue weighted by atomic mass is 10.2. The van der Waals surface area contributed by atoms with Gasteiger partial charge in [-0.15, -0.1) is 11.8 Å². The number of ether oxygens (including phenoxy) is 1. The minimum absolute atomic E-state index is 0.102. The number of benzene rings is 1. The summed E-state index contributed by atoms with van der Waals surface area (Å²) < 4.78 is 4.46. The highest BCUT2D eigenvalue weighted by Crippen LogP contribution is 2.17. The number of esters is 1. The van der Waals surface area contributed by atoms with Gasteiger partial charge in [0.15, 0.2) is 0 Å². The van der Waals surface area contributed by atoms with Crippen LogP contribution in [0.25, 0.3) is 0 Å². The van der Waals surface area contributed by atoms with Crippen LogP contribution >= 0.6 is 11.8 Å². The van der Waals surface area contributed by atoms with Crippen molar-refractivity contribution in [2.24, 2.45) is 0 Å². The summed E-state index contributed by atoms with van der Waals surface area (Å²) in [6, 6.07) is 7.53. The Bertz CT molecular complexity index is 389. The SMILES string of the molecule is COC(=O)CCC(=O)Nc1ccc(SC)cc1. The second-order valence-corrected chi connectivity index (χ2v) is 4.23. The van der Waals surface area contributed by atoms with Crippen LogP contribution in [0.15, 0.2) is 29.2 Å². The third-order valence-corrected chi connectivity index (χ3v) is 2.90. The summed E-state index contributed by atoms with van der Waals surface area (Å²) in [5.41, 5.74) is 0.734. The summed E-state index contributed by atoms with van der Waals surface area (Å²) in [5, 5.41) is 2.72. The van der Waals surface area contributed by atoms with E-state index in [0.717, 1.165) is 10.6 Å². The van der Waals surface area contributed by atoms with Gasteiger partial charge in [-0.2, -0.15) is 0 Å². The molecule has 0 aliphatic carbocycles. The molecule has 5 heteroatoms. The Balaban J connectivity index is 2.42. The highest BCUT2D eigenvalue weighted by Gasteiger charge is 2.06. The monoisotopic (exact) mass is 253 g/mol. The minimum atomic E-state index is -0.377. The molecule has 1 rings (SSSR count). The van der Waals surface area contributed by atoms with Crippen molar-refractivity contribution in [2.75, 3.05) is 18.7 Å². The van der Waals surface area contributed by atoms with E-state index in [0.29, 0.717) is 0 Å². The molecule has 0 aliphatic heterocycles. The summed E-state index contributed by atoms with van der Waals surface area (Å²) in [6.07, 6.45) is 2.23. The maximum atomic E-state index is 11.5. The molecule has 4 nitrogen and oxygen atoms in total. The first kappa shape index (κ1) is 13.6. The molecule has 0 bridgehead atoms. The maximum absolute atomic E-state index is 11.5. The molecule has 0 spiro atoms. The molecular weight excluding hydrogens is 238 g/mol. The molecule has 0 saturated heterocycles. The number of anilines is 1. The second-order valence-electron chi connectivity index (χ2n) is 3.35. The first-order valence-electron chi connectivity index (χ1n) is 5.16. The first-order chi connectivity index (χ1) is 8.15. The van der Waals surface area contributed by atoms with Crippen molar-refractivity contribution in [3.63, 3.8) is 0 Å². The minimum Gasteiger partial charge on any atom is -0.469 e. The van der Waals surface area contributed by atoms with Gasteiger partial charge in [0, 0.05) is 17.0 Å². The summed E-state index contributed by atoms with van der Waals surface area (Å²) in [6.45, 7) is 0. The molecule has 0 aliphatic rings. The van der Waals surface area contributed by atoms with Crippen molar-refractivity contribution in [3.8, 4) is 0 Å². The van der Waals surface area contributed by atoms with Crippen LogP contribution in [-0.4, -0.2) is 25.2 Å². The van der Waals surface area contributed by atoms with Crippen LogP contribution in [0.4, 0.5) is 5.69 Å². The molecule has 92 valence electrons. The van der Waals surface area contributed by atoms with Crippen molar-refractivity contribution >= 4 is 29.3 Å². The number of carbonyl (C=O) groups excluding carboxylic acids is 2. The fourth-order valence-corrected chi connectivity index (χ4v) is 1.62. The van der Waals surface area contributed by atoms with E-state index < -0.39 is 0 Å². The quantitative estimate of drug-likeness (QED) is 0.646. The van der Waals surface area contributed by atoms with Gasteiger partial charge in [0.05, 0.1) is 13.5 Å². The van der Waals surface area contributed by atoms with Crippen LogP contribution in [0.3, 0.4) is 0 Å². The highest BCUT2D eigenvalue weighted by molar-refractivity contribution is 7.98. The Labute approximate surface area is 105 Å². The first-order valence-corrected chi connectivity index (χ1v) is 6.39. The van der Waals surface area contributed by atoms with Crippen LogP contribution in [-0.2, 0) is 14.3 Å². The number of nitrogens with one attached hydrogen (secondary N) is 1. The third-order valence-electron chi connectivity index (χ3n) is 2.16. The number of hydrogen-bond acceptors (Lipinski definition) is 4. The molecule has 0 fully saturated rings. The number of thioether (sulfide) groups is 1. The molecule has 0 unspecified atom stereocenters. The topological polar surface area (TPSA) is 55.4 Å². The Morgan fingerprint density at radius 1 is 1.24 bits per heavy atom. The van der Waals surface area contributed by atoms with E-state index in [9.17, 15) is 9.59 Å². The van der Waals surface area contributed by atoms with Crippen molar-refractivity contribution in [1.29, 1.82) is 0 Å². The fraction of sp³-hybridized carbons (Fsp3) is 0.333. The largest absolute Gasteiger partial charge is 0.469 e. The van der Waals surface area contributed by atoms with Gasteiger partial charge in [-0.25, -0.2) is 0 Å².